The average molecular weight is 485 g/mol. The average Bonchev–Trinajstić information content (AvgIpc) is 3.33. The van der Waals surface area contributed by atoms with E-state index in [0.29, 0.717) is 0 Å². The number of nitrogens with zero attached hydrogens (tertiary/aromatic N) is 2. The van der Waals surface area contributed by atoms with Crippen molar-refractivity contribution in [2.75, 3.05) is 6.61 Å². The Morgan fingerprint density at radius 2 is 1.71 bits per heavy atom. The molecule has 12 heteroatoms. The number of aryl methyl sites for hydroxylation is 1. The topological polar surface area (TPSA) is 154 Å². The maximum atomic E-state index is 13.2. The molecule has 3 heterocycles. The Morgan fingerprint density at radius 1 is 1.09 bits per heavy atom. The van der Waals surface area contributed by atoms with Crippen molar-refractivity contribution in [3.8, 4) is 0 Å². The van der Waals surface area contributed by atoms with Gasteiger partial charge >= 0.3 is 17.6 Å². The van der Waals surface area contributed by atoms with Gasteiger partial charge in [-0.25, -0.2) is 4.79 Å². The van der Waals surface area contributed by atoms with Crippen LogP contribution in [0.2, 0.25) is 0 Å². The highest BCUT2D eigenvalue weighted by Crippen LogP contribution is 2.38. The number of H-pyrrole nitrogens is 1. The molecule has 2 aliphatic heterocycles. The summed E-state index contributed by atoms with van der Waals surface area (Å²) < 4.78 is 17.6. The van der Waals surface area contributed by atoms with Gasteiger partial charge in [-0.15, -0.1) is 0 Å². The fourth-order valence-electron chi connectivity index (χ4n) is 4.35. The molecule has 0 radical (unpaired) electrons. The molecule has 1 aromatic carbocycles. The minimum Gasteiger partial charge on any atom is -0.462 e. The highest BCUT2D eigenvalue weighted by molar-refractivity contribution is 6.21. The molecule has 0 spiro atoms. The first kappa shape index (κ1) is 24.1. The van der Waals surface area contributed by atoms with E-state index in [1.165, 1.54) is 32.2 Å². The lowest BCUT2D eigenvalue weighted by atomic mass is 10.0. The van der Waals surface area contributed by atoms with Crippen LogP contribution in [0, 0.1) is 6.92 Å². The Balaban J connectivity index is 1.76. The lowest BCUT2D eigenvalue weighted by Gasteiger charge is -2.31. The van der Waals surface area contributed by atoms with E-state index < -0.39 is 66.1 Å². The Bertz CT molecular complexity index is 1290. The van der Waals surface area contributed by atoms with Crippen LogP contribution in [0.25, 0.3) is 0 Å². The number of nitrogens with one attached hydrogen (secondary N) is 1. The van der Waals surface area contributed by atoms with E-state index in [1.54, 1.807) is 12.1 Å². The molecule has 0 unspecified atom stereocenters. The normalized spacial score (nSPS) is 22.1. The second-order valence-corrected chi connectivity index (χ2v) is 8.31. The first-order valence-corrected chi connectivity index (χ1v) is 10.8. The minimum atomic E-state index is -1.18. The molecule has 0 aliphatic carbocycles. The van der Waals surface area contributed by atoms with Crippen LogP contribution in [-0.2, 0) is 23.8 Å². The van der Waals surface area contributed by atoms with Gasteiger partial charge in [0.25, 0.3) is 17.4 Å². The van der Waals surface area contributed by atoms with Crippen molar-refractivity contribution in [2.24, 2.45) is 0 Å². The van der Waals surface area contributed by atoms with Gasteiger partial charge in [0.1, 0.15) is 18.9 Å². The van der Waals surface area contributed by atoms with Crippen molar-refractivity contribution in [1.82, 2.24) is 14.5 Å². The number of aromatic nitrogens is 2. The maximum absolute atomic E-state index is 13.2. The molecule has 1 N–H and O–H groups in total. The van der Waals surface area contributed by atoms with E-state index in [4.69, 9.17) is 14.2 Å². The van der Waals surface area contributed by atoms with Crippen LogP contribution < -0.4 is 11.2 Å². The van der Waals surface area contributed by atoms with E-state index in [1.807, 2.05) is 0 Å². The smallest absolute Gasteiger partial charge is 0.330 e. The molecule has 0 saturated carbocycles. The third-order valence-corrected chi connectivity index (χ3v) is 5.88. The number of esters is 2. The molecule has 1 saturated heterocycles. The summed E-state index contributed by atoms with van der Waals surface area (Å²) in [5, 5.41) is 0. The molecule has 2 aromatic rings. The van der Waals surface area contributed by atoms with Crippen LogP contribution in [-0.4, -0.2) is 63.1 Å². The number of benzene rings is 1. The molecule has 12 nitrogen and oxygen atoms in total. The summed E-state index contributed by atoms with van der Waals surface area (Å²) in [6.07, 6.45) is -2.08. The van der Waals surface area contributed by atoms with Crippen LogP contribution in [0.1, 0.15) is 52.8 Å². The molecule has 1 fully saturated rings. The molecule has 2 aliphatic rings. The first-order chi connectivity index (χ1) is 16.6. The van der Waals surface area contributed by atoms with Crippen molar-refractivity contribution in [2.45, 2.75) is 51.7 Å². The standard InChI is InChI=1S/C23H23N3O9/c1-11-9-25(23(32)24-20(11)29)18-8-16(19(35-18)17(34-13(3)28)10-33-12(2)27)26-21(30)14-6-4-5-7-15(14)22(26)31/h4-7,9,16-19H,8,10H2,1-3H3,(H,24,29,32)/t16-,17-,18+,19+/m1/s1. The summed E-state index contributed by atoms with van der Waals surface area (Å²) in [4.78, 5) is 77.2. The molecule has 2 amide bonds. The summed E-state index contributed by atoms with van der Waals surface area (Å²) in [7, 11) is 0. The van der Waals surface area contributed by atoms with Crippen LogP contribution in [0.5, 0.6) is 0 Å². The predicted octanol–water partition coefficient (Wildman–Crippen LogP) is 0.292. The van der Waals surface area contributed by atoms with E-state index >= 15 is 0 Å². The number of hydrogen-bond acceptors (Lipinski definition) is 9. The second-order valence-electron chi connectivity index (χ2n) is 8.31. The van der Waals surface area contributed by atoms with Gasteiger partial charge in [-0.3, -0.25) is 38.4 Å². The third kappa shape index (κ3) is 4.52. The predicted molar refractivity (Wildman–Crippen MR) is 118 cm³/mol. The highest BCUT2D eigenvalue weighted by atomic mass is 16.6. The number of aromatic amines is 1. The minimum absolute atomic E-state index is 0.0423. The summed E-state index contributed by atoms with van der Waals surface area (Å²) in [5.74, 6) is -2.47. The fourth-order valence-corrected chi connectivity index (χ4v) is 4.35. The molecule has 35 heavy (non-hydrogen) atoms. The van der Waals surface area contributed by atoms with Crippen molar-refractivity contribution in [3.63, 3.8) is 0 Å². The monoisotopic (exact) mass is 485 g/mol. The zero-order chi connectivity index (χ0) is 25.4. The van der Waals surface area contributed by atoms with Crippen LogP contribution in [0.3, 0.4) is 0 Å². The molecule has 4 atom stereocenters. The number of carbonyl (C=O) groups excluding carboxylic acids is 4. The number of hydrogen-bond donors (Lipinski definition) is 1. The van der Waals surface area contributed by atoms with Crippen molar-refractivity contribution in [1.29, 1.82) is 0 Å². The van der Waals surface area contributed by atoms with E-state index in [0.717, 1.165) is 16.4 Å². The number of carbonyl (C=O) groups is 4. The second kappa shape index (κ2) is 9.29. The van der Waals surface area contributed by atoms with Gasteiger partial charge in [-0.1, -0.05) is 12.1 Å². The van der Waals surface area contributed by atoms with Crippen LogP contribution in [0.4, 0.5) is 0 Å². The largest absolute Gasteiger partial charge is 0.462 e. The number of rotatable bonds is 6. The van der Waals surface area contributed by atoms with Gasteiger partial charge in [-0.2, -0.15) is 0 Å². The Morgan fingerprint density at radius 3 is 2.29 bits per heavy atom. The third-order valence-electron chi connectivity index (χ3n) is 5.88. The van der Waals surface area contributed by atoms with Crippen LogP contribution >= 0.6 is 0 Å². The Hall–Kier alpha value is -4.06. The van der Waals surface area contributed by atoms with E-state index in [9.17, 15) is 28.8 Å². The number of fused-ring (bicyclic) bond motifs is 1. The SMILES string of the molecule is CC(=O)OC[C@@H](OC(C)=O)[C@H]1O[C@H](n2cc(C)c(=O)[nH]c2=O)C[C@H]1N1C(=O)c2ccccc2C1=O. The fraction of sp³-hybridized carbons (Fsp3) is 0.391. The van der Waals surface area contributed by atoms with Crippen molar-refractivity contribution >= 4 is 23.8 Å². The van der Waals surface area contributed by atoms with Gasteiger partial charge in [0, 0.05) is 32.0 Å². The lowest BCUT2D eigenvalue weighted by molar-refractivity contribution is -0.169. The highest BCUT2D eigenvalue weighted by Gasteiger charge is 2.51. The van der Waals surface area contributed by atoms with Crippen molar-refractivity contribution in [3.05, 3.63) is 68.0 Å². The summed E-state index contributed by atoms with van der Waals surface area (Å²) in [5.41, 5.74) is -0.659. The van der Waals surface area contributed by atoms with Gasteiger partial charge in [0.05, 0.1) is 17.2 Å². The summed E-state index contributed by atoms with van der Waals surface area (Å²) >= 11 is 0. The first-order valence-electron chi connectivity index (χ1n) is 10.8. The molecule has 184 valence electrons. The number of imide groups is 1. The Labute approximate surface area is 198 Å². The molecule has 0 bridgehead atoms. The van der Waals surface area contributed by atoms with Crippen molar-refractivity contribution < 1.29 is 33.4 Å². The van der Waals surface area contributed by atoms with Crippen LogP contribution in [0.15, 0.2) is 40.1 Å². The Kier molecular flexibility index (Phi) is 6.39. The quantitative estimate of drug-likeness (QED) is 0.449. The molecule has 4 rings (SSSR count). The van der Waals surface area contributed by atoms with Gasteiger partial charge in [-0.05, 0) is 19.1 Å². The number of ether oxygens (including phenoxy) is 3. The number of amides is 2. The van der Waals surface area contributed by atoms with Gasteiger partial charge < -0.3 is 14.2 Å². The zero-order valence-corrected chi connectivity index (χ0v) is 19.2. The van der Waals surface area contributed by atoms with Gasteiger partial charge in [0.2, 0.25) is 0 Å². The molecule has 1 aromatic heterocycles. The van der Waals surface area contributed by atoms with Gasteiger partial charge in [0.15, 0.2) is 6.10 Å². The van der Waals surface area contributed by atoms with E-state index in [2.05, 4.69) is 4.98 Å². The molecular weight excluding hydrogens is 462 g/mol. The maximum Gasteiger partial charge on any atom is 0.330 e. The van der Waals surface area contributed by atoms with E-state index in [-0.39, 0.29) is 23.1 Å². The zero-order valence-electron chi connectivity index (χ0n) is 19.2. The summed E-state index contributed by atoms with van der Waals surface area (Å²) in [6, 6.07) is 5.33. The lowest BCUT2D eigenvalue weighted by Crippen LogP contribution is -2.51. The summed E-state index contributed by atoms with van der Waals surface area (Å²) in [6.45, 7) is 3.43. The molecular formula is C23H23N3O9.